The quantitative estimate of drug-likeness (QED) is 0.931. The standard InChI is InChI=1S/C13H18BrNO2/c1-9(16)12-4-3-10(7-13(12)14)15-6-5-11(8-15)17-2/h3-4,7,9,11,16H,5-6,8H2,1-2H3/t9-,11?/m0/s1. The van der Waals surface area contributed by atoms with Gasteiger partial charge in [-0.1, -0.05) is 22.0 Å². The van der Waals surface area contributed by atoms with Crippen molar-refractivity contribution >= 4 is 21.6 Å². The molecule has 0 aromatic heterocycles. The summed E-state index contributed by atoms with van der Waals surface area (Å²) in [6.07, 6.45) is 0.973. The molecule has 0 aliphatic carbocycles. The molecule has 1 aliphatic rings. The number of ether oxygens (including phenoxy) is 1. The van der Waals surface area contributed by atoms with Crippen molar-refractivity contribution in [2.75, 3.05) is 25.1 Å². The maximum atomic E-state index is 9.58. The fourth-order valence-corrected chi connectivity index (χ4v) is 2.90. The van der Waals surface area contributed by atoms with E-state index < -0.39 is 6.10 Å². The van der Waals surface area contributed by atoms with Gasteiger partial charge in [-0.15, -0.1) is 0 Å². The van der Waals surface area contributed by atoms with Crippen LogP contribution in [-0.2, 0) is 4.74 Å². The Balaban J connectivity index is 2.15. The lowest BCUT2D eigenvalue weighted by atomic mass is 10.1. The number of halogens is 1. The first-order valence-corrected chi connectivity index (χ1v) is 6.66. The molecule has 4 heteroatoms. The summed E-state index contributed by atoms with van der Waals surface area (Å²) in [5, 5.41) is 9.58. The Morgan fingerprint density at radius 3 is 2.82 bits per heavy atom. The molecule has 17 heavy (non-hydrogen) atoms. The minimum atomic E-state index is -0.441. The second-order valence-electron chi connectivity index (χ2n) is 4.47. The van der Waals surface area contributed by atoms with E-state index in [1.54, 1.807) is 14.0 Å². The third-order valence-corrected chi connectivity index (χ3v) is 3.96. The van der Waals surface area contributed by atoms with Gasteiger partial charge in [-0.25, -0.2) is 0 Å². The average Bonchev–Trinajstić information content (AvgIpc) is 2.76. The van der Waals surface area contributed by atoms with Gasteiger partial charge in [-0.3, -0.25) is 0 Å². The van der Waals surface area contributed by atoms with E-state index in [0.29, 0.717) is 6.10 Å². The summed E-state index contributed by atoms with van der Waals surface area (Å²) in [7, 11) is 1.76. The van der Waals surface area contributed by atoms with Crippen LogP contribution in [0, 0.1) is 0 Å². The molecule has 1 heterocycles. The van der Waals surface area contributed by atoms with Crippen LogP contribution in [0.1, 0.15) is 25.0 Å². The molecule has 1 fully saturated rings. The fourth-order valence-electron chi connectivity index (χ4n) is 2.21. The van der Waals surface area contributed by atoms with Crippen molar-refractivity contribution in [1.82, 2.24) is 0 Å². The molecule has 2 atom stereocenters. The first-order valence-electron chi connectivity index (χ1n) is 5.87. The van der Waals surface area contributed by atoms with Crippen molar-refractivity contribution in [1.29, 1.82) is 0 Å². The Labute approximate surface area is 111 Å². The Bertz CT molecular complexity index is 395. The van der Waals surface area contributed by atoms with Crippen molar-refractivity contribution in [3.8, 4) is 0 Å². The van der Waals surface area contributed by atoms with Crippen molar-refractivity contribution in [3.05, 3.63) is 28.2 Å². The molecule has 0 bridgehead atoms. The van der Waals surface area contributed by atoms with Crippen molar-refractivity contribution in [3.63, 3.8) is 0 Å². The van der Waals surface area contributed by atoms with E-state index in [1.807, 2.05) is 6.07 Å². The summed E-state index contributed by atoms with van der Waals surface area (Å²) in [5.41, 5.74) is 2.11. The Morgan fingerprint density at radius 2 is 2.29 bits per heavy atom. The highest BCUT2D eigenvalue weighted by Gasteiger charge is 2.22. The highest BCUT2D eigenvalue weighted by Crippen LogP contribution is 2.30. The zero-order valence-electron chi connectivity index (χ0n) is 10.2. The van der Waals surface area contributed by atoms with Crippen molar-refractivity contribution < 1.29 is 9.84 Å². The molecule has 0 amide bonds. The lowest BCUT2D eigenvalue weighted by Gasteiger charge is -2.20. The van der Waals surface area contributed by atoms with Gasteiger partial charge < -0.3 is 14.7 Å². The highest BCUT2D eigenvalue weighted by atomic mass is 79.9. The molecule has 0 spiro atoms. The molecule has 1 saturated heterocycles. The smallest absolute Gasteiger partial charge is 0.0772 e. The van der Waals surface area contributed by atoms with E-state index >= 15 is 0 Å². The van der Waals surface area contributed by atoms with Crippen LogP contribution in [0.4, 0.5) is 5.69 Å². The van der Waals surface area contributed by atoms with Gasteiger partial charge in [0.05, 0.1) is 12.2 Å². The SMILES string of the molecule is COC1CCN(c2ccc([C@H](C)O)c(Br)c2)C1. The molecule has 1 aromatic rings. The van der Waals surface area contributed by atoms with Crippen LogP contribution in [0.2, 0.25) is 0 Å². The molecule has 2 rings (SSSR count). The minimum Gasteiger partial charge on any atom is -0.389 e. The summed E-state index contributed by atoms with van der Waals surface area (Å²) in [5.74, 6) is 0. The van der Waals surface area contributed by atoms with Crippen LogP contribution in [0.3, 0.4) is 0 Å². The lowest BCUT2D eigenvalue weighted by molar-refractivity contribution is 0.121. The Morgan fingerprint density at radius 1 is 1.53 bits per heavy atom. The third kappa shape index (κ3) is 2.81. The Kier molecular flexibility index (Phi) is 4.07. The second kappa shape index (κ2) is 5.38. The summed E-state index contributed by atoms with van der Waals surface area (Å²) < 4.78 is 6.33. The number of methoxy groups -OCH3 is 1. The van der Waals surface area contributed by atoms with E-state index in [9.17, 15) is 5.11 Å². The van der Waals surface area contributed by atoms with E-state index in [2.05, 4.69) is 33.0 Å². The van der Waals surface area contributed by atoms with E-state index in [0.717, 1.165) is 29.5 Å². The van der Waals surface area contributed by atoms with Gasteiger partial charge in [0.25, 0.3) is 0 Å². The molecule has 1 aliphatic heterocycles. The normalized spacial score (nSPS) is 21.9. The summed E-state index contributed by atoms with van der Waals surface area (Å²) in [6.45, 7) is 3.74. The Hall–Kier alpha value is -0.580. The molecular formula is C13H18BrNO2. The van der Waals surface area contributed by atoms with E-state index in [4.69, 9.17) is 4.74 Å². The molecule has 0 radical (unpaired) electrons. The number of nitrogens with zero attached hydrogens (tertiary/aromatic N) is 1. The van der Waals surface area contributed by atoms with Gasteiger partial charge in [0.1, 0.15) is 0 Å². The summed E-state index contributed by atoms with van der Waals surface area (Å²) in [4.78, 5) is 2.31. The van der Waals surface area contributed by atoms with Crippen molar-refractivity contribution in [2.45, 2.75) is 25.6 Å². The average molecular weight is 300 g/mol. The maximum absolute atomic E-state index is 9.58. The largest absolute Gasteiger partial charge is 0.389 e. The van der Waals surface area contributed by atoms with Crippen molar-refractivity contribution in [2.24, 2.45) is 0 Å². The van der Waals surface area contributed by atoms with Crippen LogP contribution in [0.25, 0.3) is 0 Å². The number of aliphatic hydroxyl groups is 1. The molecule has 1 N–H and O–H groups in total. The number of benzene rings is 1. The molecule has 1 unspecified atom stereocenters. The second-order valence-corrected chi connectivity index (χ2v) is 5.33. The van der Waals surface area contributed by atoms with Gasteiger partial charge in [0.2, 0.25) is 0 Å². The number of aliphatic hydroxyl groups excluding tert-OH is 1. The molecule has 94 valence electrons. The topological polar surface area (TPSA) is 32.7 Å². The number of hydrogen-bond donors (Lipinski definition) is 1. The number of hydrogen-bond acceptors (Lipinski definition) is 3. The van der Waals surface area contributed by atoms with Crippen LogP contribution in [0.5, 0.6) is 0 Å². The highest BCUT2D eigenvalue weighted by molar-refractivity contribution is 9.10. The predicted molar refractivity (Wildman–Crippen MR) is 72.4 cm³/mol. The number of anilines is 1. The van der Waals surface area contributed by atoms with Gasteiger partial charge in [-0.2, -0.15) is 0 Å². The van der Waals surface area contributed by atoms with Crippen LogP contribution < -0.4 is 4.90 Å². The molecule has 3 nitrogen and oxygen atoms in total. The van der Waals surface area contributed by atoms with Crippen LogP contribution in [0.15, 0.2) is 22.7 Å². The fraction of sp³-hybridized carbons (Fsp3) is 0.538. The summed E-state index contributed by atoms with van der Waals surface area (Å²) >= 11 is 3.51. The third-order valence-electron chi connectivity index (χ3n) is 3.28. The lowest BCUT2D eigenvalue weighted by Crippen LogP contribution is -2.22. The first kappa shape index (κ1) is 12.9. The first-order chi connectivity index (χ1) is 8.11. The van der Waals surface area contributed by atoms with Gasteiger partial charge >= 0.3 is 0 Å². The van der Waals surface area contributed by atoms with Crippen LogP contribution in [-0.4, -0.2) is 31.4 Å². The van der Waals surface area contributed by atoms with Crippen LogP contribution >= 0.6 is 15.9 Å². The van der Waals surface area contributed by atoms with Gasteiger partial charge in [0, 0.05) is 30.4 Å². The minimum absolute atomic E-state index is 0.338. The monoisotopic (exact) mass is 299 g/mol. The van der Waals surface area contributed by atoms with E-state index in [1.165, 1.54) is 5.69 Å². The zero-order valence-corrected chi connectivity index (χ0v) is 11.8. The molecular weight excluding hydrogens is 282 g/mol. The molecule has 0 saturated carbocycles. The number of rotatable bonds is 3. The maximum Gasteiger partial charge on any atom is 0.0772 e. The zero-order chi connectivity index (χ0) is 12.4. The van der Waals surface area contributed by atoms with E-state index in [-0.39, 0.29) is 0 Å². The van der Waals surface area contributed by atoms with Gasteiger partial charge in [0.15, 0.2) is 0 Å². The predicted octanol–water partition coefficient (Wildman–Crippen LogP) is 2.73. The summed E-state index contributed by atoms with van der Waals surface area (Å²) in [6, 6.07) is 6.11. The van der Waals surface area contributed by atoms with Gasteiger partial charge in [-0.05, 0) is 31.0 Å². The molecule has 1 aromatic carbocycles.